The highest BCUT2D eigenvalue weighted by Crippen LogP contribution is 2.25. The van der Waals surface area contributed by atoms with Gasteiger partial charge < -0.3 is 19.7 Å². The van der Waals surface area contributed by atoms with E-state index in [0.717, 1.165) is 11.3 Å². The second-order valence-electron chi connectivity index (χ2n) is 8.95. The molecule has 0 saturated carbocycles. The molecule has 15 heteroatoms. The monoisotopic (exact) mass is 600 g/mol. The first-order valence-electron chi connectivity index (χ1n) is 11.8. The first-order valence-corrected chi connectivity index (χ1v) is 12.2. The lowest BCUT2D eigenvalue weighted by Crippen LogP contribution is -2.52. The largest absolute Gasteiger partial charge is 0.542 e. The van der Waals surface area contributed by atoms with Crippen molar-refractivity contribution < 1.29 is 46.5 Å². The van der Waals surface area contributed by atoms with E-state index in [-0.39, 0.29) is 41.7 Å². The number of benzene rings is 2. The third-order valence-electron chi connectivity index (χ3n) is 6.28. The Hall–Kier alpha value is -4.33. The molecule has 2 heterocycles. The molecule has 3 aromatic rings. The molecule has 0 aliphatic carbocycles. The van der Waals surface area contributed by atoms with E-state index in [2.05, 4.69) is 10.2 Å². The Morgan fingerprint density at radius 3 is 2.24 bits per heavy atom. The molecule has 1 saturated heterocycles. The number of anilines is 1. The number of hydrogen-bond donors (Lipinski definition) is 1. The van der Waals surface area contributed by atoms with Crippen molar-refractivity contribution in [3.63, 3.8) is 0 Å². The van der Waals surface area contributed by atoms with E-state index in [1.165, 1.54) is 40.1 Å². The number of H-pyrrole nitrogens is 2. The number of carboxylic acids is 1. The molecule has 0 spiro atoms. The molecule has 1 aliphatic heterocycles. The van der Waals surface area contributed by atoms with E-state index in [1.807, 2.05) is 6.92 Å². The molecule has 9 nitrogen and oxygen atoms in total. The van der Waals surface area contributed by atoms with Gasteiger partial charge >= 0.3 is 11.7 Å². The minimum Gasteiger partial charge on any atom is -0.542 e. The maximum atomic E-state index is 14.6. The Balaban J connectivity index is 0.000000587. The van der Waals surface area contributed by atoms with Gasteiger partial charge in [0.1, 0.15) is 24.1 Å². The summed E-state index contributed by atoms with van der Waals surface area (Å²) in [5.74, 6) is -5.26. The zero-order valence-electron chi connectivity index (χ0n) is 21.5. The lowest BCUT2D eigenvalue weighted by Gasteiger charge is -2.34. The van der Waals surface area contributed by atoms with Gasteiger partial charge in [-0.2, -0.15) is 13.2 Å². The Morgan fingerprint density at radius 2 is 1.66 bits per heavy atom. The zero-order valence-corrected chi connectivity index (χ0v) is 22.3. The van der Waals surface area contributed by atoms with E-state index in [4.69, 9.17) is 21.5 Å². The molecule has 4 rings (SSSR count). The van der Waals surface area contributed by atoms with E-state index in [0.29, 0.717) is 23.2 Å². The van der Waals surface area contributed by atoms with E-state index < -0.39 is 29.7 Å². The van der Waals surface area contributed by atoms with Crippen molar-refractivity contribution in [3.05, 3.63) is 91.4 Å². The molecule has 1 aliphatic rings. The highest BCUT2D eigenvalue weighted by molar-refractivity contribution is 6.31. The van der Waals surface area contributed by atoms with Gasteiger partial charge in [0.15, 0.2) is 0 Å². The summed E-state index contributed by atoms with van der Waals surface area (Å²) >= 11 is 5.82. The predicted octanol–water partition coefficient (Wildman–Crippen LogP) is 2.12. The van der Waals surface area contributed by atoms with Crippen LogP contribution >= 0.6 is 11.6 Å². The van der Waals surface area contributed by atoms with Gasteiger partial charge in [0, 0.05) is 29.9 Å². The molecule has 218 valence electrons. The topological polar surface area (TPSA) is 128 Å². The Labute approximate surface area is 234 Å². The van der Waals surface area contributed by atoms with Gasteiger partial charge in [-0.15, -0.1) is 10.2 Å². The lowest BCUT2D eigenvalue weighted by molar-refractivity contribution is -0.467. The number of aliphatic carboxylic acids is 1. The van der Waals surface area contributed by atoms with Crippen molar-refractivity contribution in [2.45, 2.75) is 26.4 Å². The molecule has 2 N–H and O–H groups in total. The number of halogens is 6. The van der Waals surface area contributed by atoms with Crippen LogP contribution in [-0.4, -0.2) is 53.6 Å². The van der Waals surface area contributed by atoms with Gasteiger partial charge in [0.25, 0.3) is 5.91 Å². The number of nitrogens with one attached hydrogen (secondary N) is 2. The van der Waals surface area contributed by atoms with Crippen LogP contribution in [0.4, 0.5) is 27.6 Å². The van der Waals surface area contributed by atoms with Crippen LogP contribution in [0.15, 0.2) is 41.2 Å². The van der Waals surface area contributed by atoms with Crippen molar-refractivity contribution in [1.29, 1.82) is 0 Å². The summed E-state index contributed by atoms with van der Waals surface area (Å²) in [7, 11) is 0. The van der Waals surface area contributed by atoms with Gasteiger partial charge in [-0.25, -0.2) is 8.78 Å². The summed E-state index contributed by atoms with van der Waals surface area (Å²) in [6.07, 6.45) is -4.85. The first-order chi connectivity index (χ1) is 19.1. The molecule has 2 amide bonds. The smallest absolute Gasteiger partial charge is 0.430 e. The van der Waals surface area contributed by atoms with Crippen molar-refractivity contribution in [3.8, 4) is 0 Å². The molecule has 1 fully saturated rings. The molecular formula is C26H22ClF5N4O5. The molecule has 41 heavy (non-hydrogen) atoms. The molecule has 1 aromatic heterocycles. The van der Waals surface area contributed by atoms with Crippen LogP contribution in [0.5, 0.6) is 0 Å². The summed E-state index contributed by atoms with van der Waals surface area (Å²) in [4.78, 5) is 49.0. The van der Waals surface area contributed by atoms with E-state index in [1.54, 1.807) is 13.0 Å². The van der Waals surface area contributed by atoms with Gasteiger partial charge in [-0.05, 0) is 49.7 Å². The quantitative estimate of drug-likeness (QED) is 0.459. The standard InChI is InChI=1S/C24H21ClF2N4O3.C2HF3O2/c1-13-14(2)23(33)29-28-21(13)10-15-3-5-19(26)17(9-15)24(34)30-7-8-31(22(32)12-30)16-4-6-20(27)18(25)11-16;3-2(4,5)1(6)7/h3-6,9,11H,7-8,10,12H2,1-2H3,(H,29,33);(H,6,7). The number of alkyl halides is 3. The highest BCUT2D eigenvalue weighted by Gasteiger charge is 2.31. The minimum absolute atomic E-state index is 0.104. The summed E-state index contributed by atoms with van der Waals surface area (Å²) < 4.78 is 59.6. The van der Waals surface area contributed by atoms with Crippen molar-refractivity contribution in [1.82, 2.24) is 10.00 Å². The number of rotatable bonds is 4. The van der Waals surface area contributed by atoms with Crippen molar-refractivity contribution in [2.75, 3.05) is 24.5 Å². The fraction of sp³-hybridized carbons (Fsp3) is 0.269. The first kappa shape index (κ1) is 31.2. The second-order valence-corrected chi connectivity index (χ2v) is 9.36. The number of carboxylic acid groups (broad SMARTS) is 1. The van der Waals surface area contributed by atoms with E-state index in [9.17, 15) is 36.3 Å². The Bertz CT molecular complexity index is 1560. The molecule has 0 radical (unpaired) electrons. The second kappa shape index (κ2) is 12.5. The Kier molecular flexibility index (Phi) is 9.48. The fourth-order valence-corrected chi connectivity index (χ4v) is 4.06. The van der Waals surface area contributed by atoms with Crippen LogP contribution in [0.2, 0.25) is 5.02 Å². The van der Waals surface area contributed by atoms with Gasteiger partial charge in [0.05, 0.1) is 17.0 Å². The number of carbonyl (C=O) groups is 3. The third kappa shape index (κ3) is 7.45. The van der Waals surface area contributed by atoms with Crippen LogP contribution in [-0.2, 0) is 16.0 Å². The van der Waals surface area contributed by atoms with Crippen LogP contribution < -0.4 is 20.7 Å². The van der Waals surface area contributed by atoms with Crippen LogP contribution in [0.1, 0.15) is 32.7 Å². The normalized spacial score (nSPS) is 13.5. The molecule has 2 aromatic carbocycles. The number of piperazine rings is 1. The summed E-state index contributed by atoms with van der Waals surface area (Å²) in [5.41, 5.74) is 2.84. The van der Waals surface area contributed by atoms with Gasteiger partial charge in [-0.3, -0.25) is 14.4 Å². The third-order valence-corrected chi connectivity index (χ3v) is 6.57. The molecule has 0 atom stereocenters. The number of hydrogen-bond acceptors (Lipinski definition) is 5. The van der Waals surface area contributed by atoms with Crippen LogP contribution in [0, 0.1) is 25.5 Å². The number of amides is 2. The van der Waals surface area contributed by atoms with Crippen LogP contribution in [0.25, 0.3) is 0 Å². The zero-order chi connectivity index (χ0) is 30.6. The van der Waals surface area contributed by atoms with Gasteiger partial charge in [-0.1, -0.05) is 17.7 Å². The van der Waals surface area contributed by atoms with Crippen molar-refractivity contribution in [2.24, 2.45) is 0 Å². The highest BCUT2D eigenvalue weighted by atomic mass is 35.5. The summed E-state index contributed by atoms with van der Waals surface area (Å²) in [6, 6.07) is 8.22. The maximum Gasteiger partial charge on any atom is 0.430 e. The minimum atomic E-state index is -5.19. The number of aromatic nitrogens is 2. The van der Waals surface area contributed by atoms with E-state index >= 15 is 0 Å². The number of aromatic amines is 2. The average molecular weight is 601 g/mol. The SMILES string of the molecule is Cc1c(Cc2ccc(F)c(C(=O)N3CCN(c4ccc(F)c(Cl)c4)C(=O)C3)c2)[nH+][nH]c(=O)c1C.O=C([O-])C(F)(F)F. The fourth-order valence-electron chi connectivity index (χ4n) is 3.89. The number of carbonyl (C=O) groups excluding carboxylic acids is 3. The predicted molar refractivity (Wildman–Crippen MR) is 133 cm³/mol. The Morgan fingerprint density at radius 1 is 1.02 bits per heavy atom. The summed E-state index contributed by atoms with van der Waals surface area (Å²) in [5, 5.41) is 14.1. The number of nitrogens with zero attached hydrogens (tertiary/aromatic N) is 2. The van der Waals surface area contributed by atoms with Crippen molar-refractivity contribution >= 4 is 35.1 Å². The average Bonchev–Trinajstić information content (AvgIpc) is 2.91. The molecule has 0 bridgehead atoms. The summed E-state index contributed by atoms with van der Waals surface area (Å²) in [6.45, 7) is 3.62. The molecule has 0 unspecified atom stereocenters. The van der Waals surface area contributed by atoms with Crippen LogP contribution in [0.3, 0.4) is 0 Å². The molecular weight excluding hydrogens is 579 g/mol. The maximum absolute atomic E-state index is 14.6. The van der Waals surface area contributed by atoms with Gasteiger partial charge in [0.2, 0.25) is 11.6 Å². The lowest BCUT2D eigenvalue weighted by atomic mass is 10.0.